The number of Topliss-reactive ketones (excluding diaryl/α,β-unsaturated/α-hetero) is 1. The third-order valence-electron chi connectivity index (χ3n) is 9.14. The predicted octanol–water partition coefficient (Wildman–Crippen LogP) is 11.8. The van der Waals surface area contributed by atoms with E-state index in [0.717, 1.165) is 57.2 Å². The zero-order valence-corrected chi connectivity index (χ0v) is 33.2. The molecule has 0 aromatic carbocycles. The fraction of sp³-hybridized carbons (Fsp3) is 0.878. The third-order valence-corrected chi connectivity index (χ3v) is 10.0. The molecule has 6 nitrogen and oxygen atoms in total. The minimum absolute atomic E-state index is 0.135. The van der Waals surface area contributed by atoms with E-state index in [1.165, 1.54) is 114 Å². The summed E-state index contributed by atoms with van der Waals surface area (Å²) in [5.41, 5.74) is 0. The average Bonchev–Trinajstić information content (AvgIpc) is 3.06. The summed E-state index contributed by atoms with van der Waals surface area (Å²) in [6.07, 6.45) is 31.5. The van der Waals surface area contributed by atoms with Crippen molar-refractivity contribution in [3.63, 3.8) is 0 Å². The monoisotopic (exact) mass is 695 g/mol. The molecule has 0 aromatic heterocycles. The van der Waals surface area contributed by atoms with E-state index in [1.54, 1.807) is 0 Å². The van der Waals surface area contributed by atoms with Gasteiger partial charge in [-0.2, -0.15) is 0 Å². The molecule has 0 bridgehead atoms. The van der Waals surface area contributed by atoms with Crippen LogP contribution in [0.25, 0.3) is 0 Å². The third kappa shape index (κ3) is 31.9. The van der Waals surface area contributed by atoms with Crippen molar-refractivity contribution in [2.24, 2.45) is 5.92 Å². The fourth-order valence-electron chi connectivity index (χ4n) is 6.01. The summed E-state index contributed by atoms with van der Waals surface area (Å²) in [4.78, 5) is 42.3. The molecule has 48 heavy (non-hydrogen) atoms. The van der Waals surface area contributed by atoms with Gasteiger partial charge >= 0.3 is 5.97 Å². The maximum atomic E-state index is 13.1. The summed E-state index contributed by atoms with van der Waals surface area (Å²) < 4.78 is 5.35. The van der Waals surface area contributed by atoms with Crippen LogP contribution in [0.5, 0.6) is 0 Å². The van der Waals surface area contributed by atoms with Crippen molar-refractivity contribution in [3.8, 4) is 0 Å². The summed E-state index contributed by atoms with van der Waals surface area (Å²) in [5, 5.41) is 0.135. The number of hydrogen-bond acceptors (Lipinski definition) is 6. The van der Waals surface area contributed by atoms with Gasteiger partial charge in [-0.05, 0) is 58.5 Å². The zero-order valence-electron chi connectivity index (χ0n) is 32.4. The molecular formula is C41H78N2O4S. The van der Waals surface area contributed by atoms with Gasteiger partial charge in [0.25, 0.3) is 5.24 Å². The number of allylic oxidation sites excluding steroid dienone is 1. The van der Waals surface area contributed by atoms with Gasteiger partial charge < -0.3 is 14.5 Å². The molecule has 0 saturated heterocycles. The van der Waals surface area contributed by atoms with Crippen LogP contribution in [0, 0.1) is 5.92 Å². The lowest BCUT2D eigenvalue weighted by Gasteiger charge is -2.23. The highest BCUT2D eigenvalue weighted by atomic mass is 32.2. The van der Waals surface area contributed by atoms with Crippen LogP contribution in [0.4, 0.5) is 4.79 Å². The second kappa shape index (κ2) is 35.5. The normalized spacial score (nSPS) is 11.6. The standard InChI is InChI=1S/C41H78N2O4S/c1-6-9-12-15-16-19-27-35-47-40(45)31-23-20-25-32-43(41(46)48-36-34-42(4)5)33-26-24-30-39(44)37-38(28-21-17-13-10-7-2)29-22-18-14-11-8-3/h19,27,38H,6-18,20-26,28-37H2,1-5H3/b27-19-. The van der Waals surface area contributed by atoms with Crippen LogP contribution in [0.3, 0.4) is 0 Å². The molecular weight excluding hydrogens is 617 g/mol. The van der Waals surface area contributed by atoms with Gasteiger partial charge in [0.15, 0.2) is 0 Å². The molecule has 0 aliphatic heterocycles. The van der Waals surface area contributed by atoms with Crippen LogP contribution in [-0.4, -0.2) is 72.9 Å². The first kappa shape index (κ1) is 46.7. The number of ether oxygens (including phenoxy) is 1. The van der Waals surface area contributed by atoms with E-state index in [0.29, 0.717) is 44.2 Å². The number of nitrogens with zero attached hydrogens (tertiary/aromatic N) is 2. The average molecular weight is 695 g/mol. The van der Waals surface area contributed by atoms with Gasteiger partial charge in [0, 0.05) is 44.6 Å². The van der Waals surface area contributed by atoms with Gasteiger partial charge in [0.2, 0.25) is 0 Å². The van der Waals surface area contributed by atoms with Gasteiger partial charge in [-0.3, -0.25) is 14.4 Å². The second-order valence-corrected chi connectivity index (χ2v) is 15.2. The molecule has 0 fully saturated rings. The molecule has 282 valence electrons. The van der Waals surface area contributed by atoms with Gasteiger partial charge in [0.1, 0.15) is 12.4 Å². The Morgan fingerprint density at radius 1 is 0.625 bits per heavy atom. The van der Waals surface area contributed by atoms with Crippen LogP contribution in [0.2, 0.25) is 0 Å². The van der Waals surface area contributed by atoms with Gasteiger partial charge in [-0.25, -0.2) is 0 Å². The van der Waals surface area contributed by atoms with Crippen LogP contribution in [0.1, 0.15) is 181 Å². The SMILES string of the molecule is CCCCCC/C=C\COC(=O)CCCCCN(CCCCC(=O)CC(CCCCCCC)CCCCCCC)C(=O)SCCN(C)C. The number of unbranched alkanes of at least 4 members (excludes halogenated alkanes) is 15. The molecule has 1 amide bonds. The number of esters is 1. The molecule has 0 saturated carbocycles. The highest BCUT2D eigenvalue weighted by Crippen LogP contribution is 2.23. The van der Waals surface area contributed by atoms with Crippen molar-refractivity contribution in [3.05, 3.63) is 12.2 Å². The first-order valence-electron chi connectivity index (χ1n) is 20.2. The quantitative estimate of drug-likeness (QED) is 0.0374. The Hall–Kier alpha value is -1.34. The molecule has 0 aliphatic rings. The Morgan fingerprint density at radius 3 is 1.77 bits per heavy atom. The number of ketones is 1. The van der Waals surface area contributed by atoms with Gasteiger partial charge in [-0.15, -0.1) is 0 Å². The molecule has 0 N–H and O–H groups in total. The minimum Gasteiger partial charge on any atom is -0.461 e. The summed E-state index contributed by atoms with van der Waals surface area (Å²) in [6.45, 7) is 9.37. The predicted molar refractivity (Wildman–Crippen MR) is 209 cm³/mol. The van der Waals surface area contributed by atoms with Crippen molar-refractivity contribution in [1.82, 2.24) is 9.80 Å². The van der Waals surface area contributed by atoms with Crippen molar-refractivity contribution < 1.29 is 19.1 Å². The molecule has 0 rings (SSSR count). The lowest BCUT2D eigenvalue weighted by Crippen LogP contribution is -2.31. The minimum atomic E-state index is -0.141. The smallest absolute Gasteiger partial charge is 0.306 e. The van der Waals surface area contributed by atoms with E-state index in [4.69, 9.17) is 4.74 Å². The van der Waals surface area contributed by atoms with Crippen molar-refractivity contribution in [2.75, 3.05) is 46.1 Å². The highest BCUT2D eigenvalue weighted by molar-refractivity contribution is 8.13. The molecule has 0 aliphatic carbocycles. The van der Waals surface area contributed by atoms with E-state index in [9.17, 15) is 14.4 Å². The highest BCUT2D eigenvalue weighted by Gasteiger charge is 2.16. The summed E-state index contributed by atoms with van der Waals surface area (Å²) >= 11 is 1.40. The largest absolute Gasteiger partial charge is 0.461 e. The van der Waals surface area contributed by atoms with Crippen LogP contribution in [0.15, 0.2) is 12.2 Å². The number of carbonyl (C=O) groups is 3. The van der Waals surface area contributed by atoms with Gasteiger partial charge in [-0.1, -0.05) is 147 Å². The Kier molecular flexibility index (Phi) is 34.5. The maximum absolute atomic E-state index is 13.1. The van der Waals surface area contributed by atoms with Crippen molar-refractivity contribution >= 4 is 28.8 Å². The number of carbonyl (C=O) groups excluding carboxylic acids is 3. The molecule has 0 spiro atoms. The lowest BCUT2D eigenvalue weighted by molar-refractivity contribution is -0.142. The van der Waals surface area contributed by atoms with E-state index in [1.807, 2.05) is 25.1 Å². The van der Waals surface area contributed by atoms with E-state index >= 15 is 0 Å². The molecule has 0 unspecified atom stereocenters. The van der Waals surface area contributed by atoms with Crippen LogP contribution in [-0.2, 0) is 14.3 Å². The topological polar surface area (TPSA) is 66.9 Å². The number of amides is 1. The van der Waals surface area contributed by atoms with E-state index in [-0.39, 0.29) is 11.2 Å². The van der Waals surface area contributed by atoms with Crippen molar-refractivity contribution in [1.29, 1.82) is 0 Å². The number of hydrogen-bond donors (Lipinski definition) is 0. The van der Waals surface area contributed by atoms with Gasteiger partial charge in [0.05, 0.1) is 0 Å². The summed E-state index contributed by atoms with van der Waals surface area (Å²) in [5.74, 6) is 1.59. The first-order valence-corrected chi connectivity index (χ1v) is 21.2. The Morgan fingerprint density at radius 2 is 1.17 bits per heavy atom. The van der Waals surface area contributed by atoms with Crippen molar-refractivity contribution in [2.45, 2.75) is 181 Å². The molecule has 0 atom stereocenters. The Balaban J connectivity index is 4.56. The lowest BCUT2D eigenvalue weighted by atomic mass is 9.89. The van der Waals surface area contributed by atoms with E-state index < -0.39 is 0 Å². The fourth-order valence-corrected chi connectivity index (χ4v) is 7.00. The molecule has 7 heteroatoms. The molecule has 0 heterocycles. The van der Waals surface area contributed by atoms with E-state index in [2.05, 4.69) is 31.7 Å². The maximum Gasteiger partial charge on any atom is 0.306 e. The zero-order chi connectivity index (χ0) is 35.5. The number of rotatable bonds is 35. The Labute approximate surface area is 302 Å². The molecule has 0 aromatic rings. The molecule has 0 radical (unpaired) electrons. The van der Waals surface area contributed by atoms with Crippen LogP contribution < -0.4 is 0 Å². The second-order valence-electron chi connectivity index (χ2n) is 14.2. The first-order chi connectivity index (χ1) is 23.3. The summed E-state index contributed by atoms with van der Waals surface area (Å²) in [6, 6.07) is 0. The van der Waals surface area contributed by atoms with Crippen LogP contribution >= 0.6 is 11.8 Å². The summed E-state index contributed by atoms with van der Waals surface area (Å²) in [7, 11) is 4.05. The Bertz CT molecular complexity index is 774. The number of thioether (sulfide) groups is 1.